The highest BCUT2D eigenvalue weighted by molar-refractivity contribution is 5.79. The van der Waals surface area contributed by atoms with Gasteiger partial charge in [0, 0.05) is 20.2 Å². The third-order valence-electron chi connectivity index (χ3n) is 3.12. The van der Waals surface area contributed by atoms with Crippen molar-refractivity contribution in [2.75, 3.05) is 40.5 Å². The van der Waals surface area contributed by atoms with E-state index in [4.69, 9.17) is 9.47 Å². The first-order valence-corrected chi connectivity index (χ1v) is 7.10. The number of carbonyl (C=O) groups excluding carboxylic acids is 2. The van der Waals surface area contributed by atoms with Gasteiger partial charge in [0.05, 0.1) is 19.6 Å². The summed E-state index contributed by atoms with van der Waals surface area (Å²) in [5.74, 6) is -0.318. The second-order valence-corrected chi connectivity index (χ2v) is 4.86. The summed E-state index contributed by atoms with van der Waals surface area (Å²) in [5, 5.41) is 0. The monoisotopic (exact) mass is 309 g/mol. The molecule has 0 aliphatic carbocycles. The van der Waals surface area contributed by atoms with Gasteiger partial charge in [0.15, 0.2) is 6.61 Å². The lowest BCUT2D eigenvalue weighted by Gasteiger charge is -2.24. The Labute approximate surface area is 131 Å². The second-order valence-electron chi connectivity index (χ2n) is 4.86. The van der Waals surface area contributed by atoms with Crippen LogP contribution in [-0.4, -0.2) is 57.3 Å². The third kappa shape index (κ3) is 6.13. The normalized spacial score (nSPS) is 11.6. The molecule has 122 valence electrons. The van der Waals surface area contributed by atoms with Gasteiger partial charge < -0.3 is 19.1 Å². The summed E-state index contributed by atoms with van der Waals surface area (Å²) >= 11 is 0. The van der Waals surface area contributed by atoms with Gasteiger partial charge in [0.1, 0.15) is 5.75 Å². The molecule has 1 rings (SSSR count). The van der Waals surface area contributed by atoms with E-state index in [9.17, 15) is 9.59 Å². The fourth-order valence-electron chi connectivity index (χ4n) is 1.88. The zero-order valence-corrected chi connectivity index (χ0v) is 13.3. The van der Waals surface area contributed by atoms with Crippen molar-refractivity contribution in [3.63, 3.8) is 0 Å². The van der Waals surface area contributed by atoms with Gasteiger partial charge >= 0.3 is 5.97 Å². The lowest BCUT2D eigenvalue weighted by molar-refractivity contribution is -0.146. The largest absolute Gasteiger partial charge is 0.484 e. The molecular formula is C16H23NO5. The number of rotatable bonds is 9. The van der Waals surface area contributed by atoms with Gasteiger partial charge in [-0.3, -0.25) is 9.59 Å². The lowest BCUT2D eigenvalue weighted by Crippen LogP contribution is -2.41. The number of hydrogen-bond acceptors (Lipinski definition) is 5. The molecule has 0 fully saturated rings. The van der Waals surface area contributed by atoms with Crippen molar-refractivity contribution in [2.45, 2.75) is 6.92 Å². The van der Waals surface area contributed by atoms with Crippen LogP contribution in [0.25, 0.3) is 0 Å². The number of nitrogens with zero attached hydrogens (tertiary/aromatic N) is 1. The van der Waals surface area contributed by atoms with E-state index < -0.39 is 5.92 Å². The Morgan fingerprint density at radius 2 is 1.86 bits per heavy atom. The maximum atomic E-state index is 12.3. The molecule has 0 aromatic heterocycles. The lowest BCUT2D eigenvalue weighted by atomic mass is 10.1. The highest BCUT2D eigenvalue weighted by atomic mass is 16.5. The van der Waals surface area contributed by atoms with E-state index in [-0.39, 0.29) is 25.0 Å². The average Bonchev–Trinajstić information content (AvgIpc) is 2.56. The smallest absolute Gasteiger partial charge is 0.310 e. The number of hydrogen-bond donors (Lipinski definition) is 0. The first-order valence-electron chi connectivity index (χ1n) is 7.10. The fourth-order valence-corrected chi connectivity index (χ4v) is 1.88. The van der Waals surface area contributed by atoms with Gasteiger partial charge in [-0.25, -0.2) is 0 Å². The molecular weight excluding hydrogens is 286 g/mol. The van der Waals surface area contributed by atoms with Gasteiger partial charge in [-0.15, -0.1) is 0 Å². The van der Waals surface area contributed by atoms with Crippen molar-refractivity contribution in [3.8, 4) is 5.75 Å². The van der Waals surface area contributed by atoms with Crippen molar-refractivity contribution < 1.29 is 23.8 Å². The number of esters is 1. The van der Waals surface area contributed by atoms with Crippen LogP contribution < -0.4 is 4.74 Å². The maximum absolute atomic E-state index is 12.3. The highest BCUT2D eigenvalue weighted by Gasteiger charge is 2.21. The van der Waals surface area contributed by atoms with Crippen molar-refractivity contribution in [2.24, 2.45) is 5.92 Å². The Morgan fingerprint density at radius 3 is 2.45 bits per heavy atom. The van der Waals surface area contributed by atoms with E-state index in [2.05, 4.69) is 4.74 Å². The van der Waals surface area contributed by atoms with Gasteiger partial charge in [0.25, 0.3) is 5.91 Å². The van der Waals surface area contributed by atoms with E-state index >= 15 is 0 Å². The molecule has 0 bridgehead atoms. The second kappa shape index (κ2) is 9.78. The van der Waals surface area contributed by atoms with Crippen LogP contribution in [0.4, 0.5) is 0 Å². The fraction of sp³-hybridized carbons (Fsp3) is 0.500. The van der Waals surface area contributed by atoms with E-state index in [0.717, 1.165) is 0 Å². The van der Waals surface area contributed by atoms with Gasteiger partial charge in [-0.1, -0.05) is 25.1 Å². The Kier molecular flexibility index (Phi) is 7.99. The number of amides is 1. The van der Waals surface area contributed by atoms with E-state index in [0.29, 0.717) is 18.9 Å². The molecule has 22 heavy (non-hydrogen) atoms. The Morgan fingerprint density at radius 1 is 1.18 bits per heavy atom. The van der Waals surface area contributed by atoms with Crippen molar-refractivity contribution in [3.05, 3.63) is 30.3 Å². The SMILES string of the molecule is COCCN(CC(C)C(=O)OC)C(=O)COc1ccccc1. The maximum Gasteiger partial charge on any atom is 0.310 e. The molecule has 1 atom stereocenters. The van der Waals surface area contributed by atoms with Crippen LogP contribution in [0.15, 0.2) is 30.3 Å². The van der Waals surface area contributed by atoms with E-state index in [1.165, 1.54) is 7.11 Å². The number of methoxy groups -OCH3 is 2. The molecule has 0 N–H and O–H groups in total. The van der Waals surface area contributed by atoms with Crippen LogP contribution in [-0.2, 0) is 19.1 Å². The summed E-state index contributed by atoms with van der Waals surface area (Å²) in [5.41, 5.74) is 0. The number of ether oxygens (including phenoxy) is 3. The quantitative estimate of drug-likeness (QED) is 0.644. The Balaban J connectivity index is 2.57. The minimum atomic E-state index is -0.400. The van der Waals surface area contributed by atoms with Gasteiger partial charge in [-0.05, 0) is 12.1 Å². The van der Waals surface area contributed by atoms with Crippen LogP contribution in [0.5, 0.6) is 5.75 Å². The summed E-state index contributed by atoms with van der Waals surface area (Å²) in [6, 6.07) is 9.11. The first kappa shape index (κ1) is 18.0. The molecule has 0 aliphatic heterocycles. The summed E-state index contributed by atoms with van der Waals surface area (Å²) in [6.45, 7) is 2.70. The zero-order valence-electron chi connectivity index (χ0n) is 13.3. The zero-order chi connectivity index (χ0) is 16.4. The molecule has 1 unspecified atom stereocenters. The molecule has 1 aromatic carbocycles. The van der Waals surface area contributed by atoms with Crippen LogP contribution >= 0.6 is 0 Å². The minimum Gasteiger partial charge on any atom is -0.484 e. The van der Waals surface area contributed by atoms with Crippen LogP contribution in [0.2, 0.25) is 0 Å². The third-order valence-corrected chi connectivity index (χ3v) is 3.12. The molecule has 1 amide bonds. The first-order chi connectivity index (χ1) is 10.6. The van der Waals surface area contributed by atoms with Crippen molar-refractivity contribution in [1.82, 2.24) is 4.90 Å². The van der Waals surface area contributed by atoms with Crippen LogP contribution in [0.1, 0.15) is 6.92 Å². The van der Waals surface area contributed by atoms with Crippen molar-refractivity contribution >= 4 is 11.9 Å². The topological polar surface area (TPSA) is 65.1 Å². The standard InChI is InChI=1S/C16H23NO5/c1-13(16(19)21-3)11-17(9-10-20-2)15(18)12-22-14-7-5-4-6-8-14/h4-8,13H,9-12H2,1-3H3. The highest BCUT2D eigenvalue weighted by Crippen LogP contribution is 2.09. The number of para-hydroxylation sites is 1. The summed E-state index contributed by atoms with van der Waals surface area (Å²) in [6.07, 6.45) is 0. The summed E-state index contributed by atoms with van der Waals surface area (Å²) in [4.78, 5) is 25.3. The molecule has 0 radical (unpaired) electrons. The summed E-state index contributed by atoms with van der Waals surface area (Å²) < 4.78 is 15.1. The molecule has 1 aromatic rings. The molecule has 0 aliphatic rings. The Hall–Kier alpha value is -2.08. The Bertz CT molecular complexity index is 463. The number of carbonyl (C=O) groups is 2. The van der Waals surface area contributed by atoms with Crippen LogP contribution in [0.3, 0.4) is 0 Å². The van der Waals surface area contributed by atoms with E-state index in [1.54, 1.807) is 31.1 Å². The predicted octanol–water partition coefficient (Wildman–Crippen LogP) is 1.35. The molecule has 0 saturated heterocycles. The minimum absolute atomic E-state index is 0.0817. The average molecular weight is 309 g/mol. The molecule has 6 nitrogen and oxygen atoms in total. The number of benzene rings is 1. The van der Waals surface area contributed by atoms with Crippen LogP contribution in [0, 0.1) is 5.92 Å². The predicted molar refractivity (Wildman–Crippen MR) is 81.6 cm³/mol. The molecule has 0 heterocycles. The van der Waals surface area contributed by atoms with Gasteiger partial charge in [0.2, 0.25) is 0 Å². The molecule has 6 heteroatoms. The van der Waals surface area contributed by atoms with E-state index in [1.807, 2.05) is 18.2 Å². The van der Waals surface area contributed by atoms with Gasteiger partial charge in [-0.2, -0.15) is 0 Å². The summed E-state index contributed by atoms with van der Waals surface area (Å²) in [7, 11) is 2.89. The molecule has 0 saturated carbocycles. The molecule has 0 spiro atoms. The van der Waals surface area contributed by atoms with Crippen molar-refractivity contribution in [1.29, 1.82) is 0 Å².